The molecule has 1 amide bonds. The molecule has 6 nitrogen and oxygen atoms in total. The second-order valence-electron chi connectivity index (χ2n) is 6.02. The van der Waals surface area contributed by atoms with E-state index in [1.54, 1.807) is 59.1 Å². The summed E-state index contributed by atoms with van der Waals surface area (Å²) in [5, 5.41) is 11.8. The van der Waals surface area contributed by atoms with Crippen molar-refractivity contribution in [2.24, 2.45) is 0 Å². The quantitative estimate of drug-likeness (QED) is 0.873. The monoisotopic (exact) mass is 309 g/mol. The highest BCUT2D eigenvalue weighted by Gasteiger charge is 2.29. The summed E-state index contributed by atoms with van der Waals surface area (Å²) in [5.41, 5.74) is 0.0977. The molecule has 0 aromatic heterocycles. The van der Waals surface area contributed by atoms with Gasteiger partial charge in [0.1, 0.15) is 17.4 Å². The lowest BCUT2D eigenvalue weighted by Gasteiger charge is -2.25. The van der Waals surface area contributed by atoms with Crippen molar-refractivity contribution in [1.82, 2.24) is 5.32 Å². The van der Waals surface area contributed by atoms with Gasteiger partial charge in [-0.05, 0) is 38.5 Å². The molecule has 0 aliphatic rings. The van der Waals surface area contributed by atoms with Gasteiger partial charge in [0.2, 0.25) is 0 Å². The summed E-state index contributed by atoms with van der Waals surface area (Å²) < 4.78 is 10.2. The Morgan fingerprint density at radius 2 is 1.73 bits per heavy atom. The molecule has 0 aliphatic carbocycles. The first-order valence-electron chi connectivity index (χ1n) is 7.00. The van der Waals surface area contributed by atoms with Crippen LogP contribution in [0.4, 0.5) is 4.79 Å². The van der Waals surface area contributed by atoms with Gasteiger partial charge in [0.05, 0.1) is 7.11 Å². The van der Waals surface area contributed by atoms with E-state index in [0.29, 0.717) is 5.75 Å². The van der Waals surface area contributed by atoms with E-state index in [9.17, 15) is 14.7 Å². The zero-order valence-corrected chi connectivity index (χ0v) is 13.5. The van der Waals surface area contributed by atoms with Crippen LogP contribution in [0.25, 0.3) is 0 Å². The van der Waals surface area contributed by atoms with Crippen molar-refractivity contribution in [3.63, 3.8) is 0 Å². The molecule has 0 saturated heterocycles. The summed E-state index contributed by atoms with van der Waals surface area (Å²) in [4.78, 5) is 23.2. The van der Waals surface area contributed by atoms with Crippen LogP contribution in [0.1, 0.15) is 39.2 Å². The van der Waals surface area contributed by atoms with E-state index < -0.39 is 29.6 Å². The van der Waals surface area contributed by atoms with Crippen LogP contribution in [-0.2, 0) is 9.53 Å². The first-order valence-corrected chi connectivity index (χ1v) is 7.00. The number of methoxy groups -OCH3 is 1. The van der Waals surface area contributed by atoms with Crippen molar-refractivity contribution in [2.75, 3.05) is 7.11 Å². The SMILES string of the molecule is COc1ccc([C@@H](C)[C@H](NC(=O)OC(C)(C)C)C(=O)O)cc1. The van der Waals surface area contributed by atoms with Gasteiger partial charge in [-0.25, -0.2) is 9.59 Å². The van der Waals surface area contributed by atoms with Gasteiger partial charge in [-0.15, -0.1) is 0 Å². The second kappa shape index (κ2) is 7.15. The van der Waals surface area contributed by atoms with Crippen LogP contribution in [0, 0.1) is 0 Å². The number of carbonyl (C=O) groups excluding carboxylic acids is 1. The largest absolute Gasteiger partial charge is 0.497 e. The number of benzene rings is 1. The maximum absolute atomic E-state index is 11.8. The highest BCUT2D eigenvalue weighted by molar-refractivity contribution is 5.81. The normalized spacial score (nSPS) is 13.9. The second-order valence-corrected chi connectivity index (χ2v) is 6.02. The number of amides is 1. The summed E-state index contributed by atoms with van der Waals surface area (Å²) in [6.45, 7) is 6.89. The number of carbonyl (C=O) groups is 2. The summed E-state index contributed by atoms with van der Waals surface area (Å²) >= 11 is 0. The Morgan fingerprint density at radius 1 is 1.18 bits per heavy atom. The maximum Gasteiger partial charge on any atom is 0.408 e. The Hall–Kier alpha value is -2.24. The highest BCUT2D eigenvalue weighted by atomic mass is 16.6. The fourth-order valence-corrected chi connectivity index (χ4v) is 1.94. The molecular weight excluding hydrogens is 286 g/mol. The third-order valence-electron chi connectivity index (χ3n) is 3.08. The van der Waals surface area contributed by atoms with Crippen LogP contribution in [0.5, 0.6) is 5.75 Å². The first-order chi connectivity index (χ1) is 10.1. The summed E-state index contributed by atoms with van der Waals surface area (Å²) in [7, 11) is 1.56. The van der Waals surface area contributed by atoms with Crippen LogP contribution in [0.2, 0.25) is 0 Å². The van der Waals surface area contributed by atoms with Gasteiger partial charge in [-0.1, -0.05) is 19.1 Å². The lowest BCUT2D eigenvalue weighted by Crippen LogP contribution is -2.46. The van der Waals surface area contributed by atoms with Crippen molar-refractivity contribution >= 4 is 12.1 Å². The number of ether oxygens (including phenoxy) is 2. The minimum atomic E-state index is -1.12. The number of aliphatic carboxylic acids is 1. The lowest BCUT2D eigenvalue weighted by atomic mass is 9.93. The molecule has 2 atom stereocenters. The molecule has 2 N–H and O–H groups in total. The summed E-state index contributed by atoms with van der Waals surface area (Å²) in [6, 6.07) is 5.96. The fraction of sp³-hybridized carbons (Fsp3) is 0.500. The fourth-order valence-electron chi connectivity index (χ4n) is 1.94. The van der Waals surface area contributed by atoms with Gasteiger partial charge in [0.25, 0.3) is 0 Å². The van der Waals surface area contributed by atoms with E-state index in [1.807, 2.05) is 0 Å². The minimum absolute atomic E-state index is 0.420. The average molecular weight is 309 g/mol. The lowest BCUT2D eigenvalue weighted by molar-refractivity contribution is -0.140. The van der Waals surface area contributed by atoms with Gasteiger partial charge in [0.15, 0.2) is 0 Å². The van der Waals surface area contributed by atoms with Crippen LogP contribution in [0.15, 0.2) is 24.3 Å². The van der Waals surface area contributed by atoms with Gasteiger partial charge in [-0.2, -0.15) is 0 Å². The summed E-state index contributed by atoms with van der Waals surface area (Å²) in [5.74, 6) is -0.854. The average Bonchev–Trinajstić information content (AvgIpc) is 2.42. The Morgan fingerprint density at radius 3 is 2.14 bits per heavy atom. The molecule has 1 aromatic carbocycles. The smallest absolute Gasteiger partial charge is 0.408 e. The molecule has 22 heavy (non-hydrogen) atoms. The third kappa shape index (κ3) is 5.27. The summed E-state index contributed by atoms with van der Waals surface area (Å²) in [6.07, 6.45) is -0.750. The van der Waals surface area contributed by atoms with Crippen molar-refractivity contribution in [1.29, 1.82) is 0 Å². The minimum Gasteiger partial charge on any atom is -0.497 e. The number of hydrogen-bond donors (Lipinski definition) is 2. The molecule has 6 heteroatoms. The van der Waals surface area contributed by atoms with Gasteiger partial charge in [0, 0.05) is 5.92 Å². The van der Waals surface area contributed by atoms with Gasteiger partial charge in [-0.3, -0.25) is 0 Å². The number of carboxylic acid groups (broad SMARTS) is 1. The third-order valence-corrected chi connectivity index (χ3v) is 3.08. The van der Waals surface area contributed by atoms with E-state index in [-0.39, 0.29) is 0 Å². The topological polar surface area (TPSA) is 84.9 Å². The zero-order chi connectivity index (χ0) is 16.9. The van der Waals surface area contributed by atoms with Crippen molar-refractivity contribution in [3.05, 3.63) is 29.8 Å². The molecule has 0 radical (unpaired) electrons. The standard InChI is InChI=1S/C16H23NO5/c1-10(11-6-8-12(21-5)9-7-11)13(14(18)19)17-15(20)22-16(2,3)4/h6-10,13H,1-5H3,(H,17,20)(H,18,19)/t10-,13+/m1/s1. The molecule has 0 aliphatic heterocycles. The van der Waals surface area contributed by atoms with Crippen molar-refractivity contribution in [3.8, 4) is 5.75 Å². The van der Waals surface area contributed by atoms with E-state index in [0.717, 1.165) is 5.56 Å². The van der Waals surface area contributed by atoms with Crippen molar-refractivity contribution < 1.29 is 24.2 Å². The van der Waals surface area contributed by atoms with Crippen LogP contribution in [0.3, 0.4) is 0 Å². The van der Waals surface area contributed by atoms with E-state index in [4.69, 9.17) is 9.47 Å². The number of alkyl carbamates (subject to hydrolysis) is 1. The molecular formula is C16H23NO5. The molecule has 1 rings (SSSR count). The first kappa shape index (κ1) is 17.8. The van der Waals surface area contributed by atoms with E-state index >= 15 is 0 Å². The van der Waals surface area contributed by atoms with Gasteiger partial charge < -0.3 is 19.9 Å². The molecule has 0 fully saturated rings. The Balaban J connectivity index is 2.85. The molecule has 1 aromatic rings. The molecule has 0 unspecified atom stereocenters. The Bertz CT molecular complexity index is 518. The predicted molar refractivity (Wildman–Crippen MR) is 82.2 cm³/mol. The zero-order valence-electron chi connectivity index (χ0n) is 13.5. The number of rotatable bonds is 5. The van der Waals surface area contributed by atoms with Crippen LogP contribution >= 0.6 is 0 Å². The number of carboxylic acids is 1. The predicted octanol–water partition coefficient (Wildman–Crippen LogP) is 2.78. The van der Waals surface area contributed by atoms with Crippen LogP contribution < -0.4 is 10.1 Å². The maximum atomic E-state index is 11.8. The molecule has 0 bridgehead atoms. The Labute approximate surface area is 130 Å². The molecule has 0 saturated carbocycles. The molecule has 0 spiro atoms. The van der Waals surface area contributed by atoms with Crippen molar-refractivity contribution in [2.45, 2.75) is 45.3 Å². The van der Waals surface area contributed by atoms with Gasteiger partial charge >= 0.3 is 12.1 Å². The number of hydrogen-bond acceptors (Lipinski definition) is 4. The Kier molecular flexibility index (Phi) is 5.79. The number of nitrogens with one attached hydrogen (secondary N) is 1. The van der Waals surface area contributed by atoms with E-state index in [1.165, 1.54) is 0 Å². The van der Waals surface area contributed by atoms with E-state index in [2.05, 4.69) is 5.32 Å². The highest BCUT2D eigenvalue weighted by Crippen LogP contribution is 2.22. The molecule has 122 valence electrons. The molecule has 0 heterocycles. The van der Waals surface area contributed by atoms with Crippen LogP contribution in [-0.4, -0.2) is 35.9 Å².